The molecule has 1 aromatic heterocycles. The minimum Gasteiger partial charge on any atom is -0.469 e. The number of para-hydroxylation sites is 1. The molecule has 2 aromatic rings. The van der Waals surface area contributed by atoms with E-state index in [2.05, 4.69) is 34.1 Å². The van der Waals surface area contributed by atoms with Gasteiger partial charge < -0.3 is 14.8 Å². The molecule has 146 valence electrons. The van der Waals surface area contributed by atoms with Crippen LogP contribution in [0.15, 0.2) is 24.3 Å². The molecule has 1 aliphatic carbocycles. The van der Waals surface area contributed by atoms with Crippen LogP contribution in [0, 0.1) is 17.8 Å². The van der Waals surface area contributed by atoms with Crippen LogP contribution in [0.1, 0.15) is 36.6 Å². The normalized spacial score (nSPS) is 32.7. The van der Waals surface area contributed by atoms with Crippen molar-refractivity contribution >= 4 is 29.3 Å². The van der Waals surface area contributed by atoms with Crippen molar-refractivity contribution in [3.05, 3.63) is 35.5 Å². The van der Waals surface area contributed by atoms with Crippen molar-refractivity contribution < 1.29 is 14.6 Å². The van der Waals surface area contributed by atoms with Crippen molar-refractivity contribution in [1.82, 2.24) is 9.88 Å². The van der Waals surface area contributed by atoms with Gasteiger partial charge in [-0.25, -0.2) is 0 Å². The Labute approximate surface area is 165 Å². The number of carbonyl (C=O) groups excluding carboxylic acids is 1. The molecular weight excluding hydrogens is 364 g/mol. The summed E-state index contributed by atoms with van der Waals surface area (Å²) in [5.74, 6) is 0.0541. The molecule has 27 heavy (non-hydrogen) atoms. The summed E-state index contributed by atoms with van der Waals surface area (Å²) in [7, 11) is 1.43. The summed E-state index contributed by atoms with van der Waals surface area (Å²) in [5.41, 5.74) is 3.96. The topological polar surface area (TPSA) is 65.6 Å². The highest BCUT2D eigenvalue weighted by molar-refractivity contribution is 5.85. The molecule has 1 aromatic carbocycles. The molecule has 5 rings (SSSR count). The van der Waals surface area contributed by atoms with Crippen LogP contribution in [0.5, 0.6) is 0 Å². The number of halogens is 1. The van der Waals surface area contributed by atoms with E-state index >= 15 is 0 Å². The van der Waals surface area contributed by atoms with Crippen LogP contribution in [0.4, 0.5) is 0 Å². The van der Waals surface area contributed by atoms with E-state index in [4.69, 9.17) is 4.74 Å². The maximum atomic E-state index is 12.4. The van der Waals surface area contributed by atoms with E-state index in [1.807, 2.05) is 0 Å². The summed E-state index contributed by atoms with van der Waals surface area (Å²) in [6.07, 6.45) is 3.14. The standard InChI is InChI=1S/C21H26N2O3.ClH/c1-26-21(25)19-15-10-17-20-14(13-4-2-3-5-16(13)22-20)8-9-23(17)11-12(15)6-7-18(19)24;/h2-5,12,15,17-19,22,24H,6-11H2,1H3;1H/t12-,15+,17+,18+,19-;/m1./s1. The van der Waals surface area contributed by atoms with Gasteiger partial charge in [0.2, 0.25) is 0 Å². The SMILES string of the molecule is COC(=O)[C@@H]1[C@H]2C[C@H]3c4[nH]c5ccccc5c4CCN3C[C@H]2CC[C@@H]1O.Cl. The van der Waals surface area contributed by atoms with Gasteiger partial charge in [-0.05, 0) is 49.1 Å². The fourth-order valence-corrected chi connectivity index (χ4v) is 5.80. The van der Waals surface area contributed by atoms with Crippen molar-refractivity contribution in [1.29, 1.82) is 0 Å². The van der Waals surface area contributed by atoms with E-state index in [-0.39, 0.29) is 30.2 Å². The number of hydrogen-bond acceptors (Lipinski definition) is 4. The smallest absolute Gasteiger partial charge is 0.311 e. The monoisotopic (exact) mass is 390 g/mol. The zero-order valence-electron chi connectivity index (χ0n) is 15.6. The number of esters is 1. The Morgan fingerprint density at radius 1 is 1.30 bits per heavy atom. The second-order valence-corrected chi connectivity index (χ2v) is 8.18. The fourth-order valence-electron chi connectivity index (χ4n) is 5.80. The van der Waals surface area contributed by atoms with Gasteiger partial charge in [0.1, 0.15) is 0 Å². The number of piperidine rings is 1. The number of aliphatic hydroxyl groups is 1. The first-order chi connectivity index (χ1) is 12.7. The van der Waals surface area contributed by atoms with Gasteiger partial charge in [0.05, 0.1) is 25.2 Å². The van der Waals surface area contributed by atoms with Crippen molar-refractivity contribution in [3.63, 3.8) is 0 Å². The van der Waals surface area contributed by atoms with Gasteiger partial charge in [0.15, 0.2) is 0 Å². The average Bonchev–Trinajstić information content (AvgIpc) is 3.05. The van der Waals surface area contributed by atoms with Gasteiger partial charge in [-0.1, -0.05) is 18.2 Å². The third kappa shape index (κ3) is 2.87. The first-order valence-corrected chi connectivity index (χ1v) is 9.76. The number of rotatable bonds is 1. The van der Waals surface area contributed by atoms with E-state index in [9.17, 15) is 9.90 Å². The summed E-state index contributed by atoms with van der Waals surface area (Å²) in [5, 5.41) is 11.8. The number of fused-ring (bicyclic) bond motifs is 6. The molecule has 2 fully saturated rings. The van der Waals surface area contributed by atoms with Crippen molar-refractivity contribution in [3.8, 4) is 0 Å². The van der Waals surface area contributed by atoms with Crippen LogP contribution in [-0.2, 0) is 16.0 Å². The predicted octanol–water partition coefficient (Wildman–Crippen LogP) is 3.07. The number of methoxy groups -OCH3 is 1. The first-order valence-electron chi connectivity index (χ1n) is 9.76. The molecule has 0 bridgehead atoms. The number of nitrogens with zero attached hydrogens (tertiary/aromatic N) is 1. The molecule has 5 atom stereocenters. The Bertz CT molecular complexity index is 851. The third-order valence-electron chi connectivity index (χ3n) is 7.02. The zero-order chi connectivity index (χ0) is 17.8. The summed E-state index contributed by atoms with van der Waals surface area (Å²) in [4.78, 5) is 18.6. The second kappa shape index (κ2) is 7.12. The molecular formula is C21H27ClN2O3. The Kier molecular flexibility index (Phi) is 4.95. The van der Waals surface area contributed by atoms with Crippen molar-refractivity contribution in [2.45, 2.75) is 37.8 Å². The number of nitrogens with one attached hydrogen (secondary N) is 1. The summed E-state index contributed by atoms with van der Waals surface area (Å²) >= 11 is 0. The highest BCUT2D eigenvalue weighted by atomic mass is 35.5. The van der Waals surface area contributed by atoms with Crippen LogP contribution in [-0.4, -0.2) is 47.3 Å². The number of ether oxygens (including phenoxy) is 1. The lowest BCUT2D eigenvalue weighted by molar-refractivity contribution is -0.160. The number of carbonyl (C=O) groups is 1. The minimum atomic E-state index is -0.568. The minimum absolute atomic E-state index is 0. The average molecular weight is 391 g/mol. The van der Waals surface area contributed by atoms with Gasteiger partial charge in [-0.3, -0.25) is 9.69 Å². The maximum Gasteiger partial charge on any atom is 0.311 e. The largest absolute Gasteiger partial charge is 0.469 e. The van der Waals surface area contributed by atoms with Gasteiger partial charge in [0, 0.05) is 29.7 Å². The molecule has 2 N–H and O–H groups in total. The number of benzene rings is 1. The van der Waals surface area contributed by atoms with Crippen molar-refractivity contribution in [2.75, 3.05) is 20.2 Å². The van der Waals surface area contributed by atoms with Crippen LogP contribution < -0.4 is 0 Å². The second-order valence-electron chi connectivity index (χ2n) is 8.18. The van der Waals surface area contributed by atoms with Crippen LogP contribution in [0.2, 0.25) is 0 Å². The molecule has 2 aliphatic heterocycles. The number of aromatic nitrogens is 1. The zero-order valence-corrected chi connectivity index (χ0v) is 16.4. The predicted molar refractivity (Wildman–Crippen MR) is 106 cm³/mol. The van der Waals surface area contributed by atoms with Gasteiger partial charge >= 0.3 is 5.97 Å². The number of aliphatic hydroxyl groups excluding tert-OH is 1. The van der Waals surface area contributed by atoms with E-state index in [0.717, 1.165) is 32.4 Å². The molecule has 1 saturated heterocycles. The van der Waals surface area contributed by atoms with E-state index < -0.39 is 6.10 Å². The molecule has 0 amide bonds. The fraction of sp³-hybridized carbons (Fsp3) is 0.571. The lowest BCUT2D eigenvalue weighted by Crippen LogP contribution is -2.53. The molecule has 3 aliphatic rings. The van der Waals surface area contributed by atoms with Gasteiger partial charge in [-0.15, -0.1) is 12.4 Å². The Balaban J connectivity index is 0.00000180. The summed E-state index contributed by atoms with van der Waals surface area (Å²) in [6.45, 7) is 2.10. The van der Waals surface area contributed by atoms with E-state index in [0.29, 0.717) is 18.4 Å². The lowest BCUT2D eigenvalue weighted by atomic mass is 9.65. The number of H-pyrrole nitrogens is 1. The highest BCUT2D eigenvalue weighted by Gasteiger charge is 2.49. The molecule has 5 nitrogen and oxygen atoms in total. The van der Waals surface area contributed by atoms with Gasteiger partial charge in [0.25, 0.3) is 0 Å². The highest BCUT2D eigenvalue weighted by Crippen LogP contribution is 2.49. The molecule has 0 radical (unpaired) electrons. The quantitative estimate of drug-likeness (QED) is 0.734. The van der Waals surface area contributed by atoms with Gasteiger partial charge in [-0.2, -0.15) is 0 Å². The van der Waals surface area contributed by atoms with Crippen LogP contribution in [0.25, 0.3) is 10.9 Å². The Morgan fingerprint density at radius 2 is 2.11 bits per heavy atom. The molecule has 3 heterocycles. The molecule has 1 saturated carbocycles. The molecule has 0 unspecified atom stereocenters. The van der Waals surface area contributed by atoms with Crippen LogP contribution in [0.3, 0.4) is 0 Å². The molecule has 0 spiro atoms. The summed E-state index contributed by atoms with van der Waals surface area (Å²) < 4.78 is 5.04. The Morgan fingerprint density at radius 3 is 2.93 bits per heavy atom. The first kappa shape index (κ1) is 18.8. The number of hydrogen-bond donors (Lipinski definition) is 2. The van der Waals surface area contributed by atoms with E-state index in [1.54, 1.807) is 0 Å². The lowest BCUT2D eigenvalue weighted by Gasteiger charge is -2.50. The maximum absolute atomic E-state index is 12.4. The van der Waals surface area contributed by atoms with Crippen molar-refractivity contribution in [2.24, 2.45) is 17.8 Å². The van der Waals surface area contributed by atoms with E-state index in [1.165, 1.54) is 29.3 Å². The number of aromatic amines is 1. The van der Waals surface area contributed by atoms with Crippen LogP contribution >= 0.6 is 12.4 Å². The third-order valence-corrected chi connectivity index (χ3v) is 7.02. The summed E-state index contributed by atoms with van der Waals surface area (Å²) in [6, 6.07) is 8.83. The molecule has 6 heteroatoms. The Hall–Kier alpha value is -1.56.